The minimum absolute atomic E-state index is 0.00754. The van der Waals surface area contributed by atoms with E-state index >= 15 is 0 Å². The molecule has 0 unspecified atom stereocenters. The summed E-state index contributed by atoms with van der Waals surface area (Å²) in [4.78, 5) is 0. The van der Waals surface area contributed by atoms with Gasteiger partial charge in [0, 0.05) is 26.4 Å². The first-order valence-corrected chi connectivity index (χ1v) is 9.18. The number of rotatable bonds is 9. The fourth-order valence-electron chi connectivity index (χ4n) is 2.22. The van der Waals surface area contributed by atoms with Crippen molar-refractivity contribution < 1.29 is 26.4 Å². The van der Waals surface area contributed by atoms with Crippen molar-refractivity contribution in [1.29, 1.82) is 0 Å². The van der Waals surface area contributed by atoms with Crippen molar-refractivity contribution in [3.05, 3.63) is 35.1 Å². The van der Waals surface area contributed by atoms with Gasteiger partial charge in [-0.1, -0.05) is 0 Å². The third kappa shape index (κ3) is 5.39. The average Bonchev–Trinajstić information content (AvgIpc) is 2.47. The van der Waals surface area contributed by atoms with Gasteiger partial charge in [0.1, 0.15) is 0 Å². The van der Waals surface area contributed by atoms with Crippen LogP contribution in [0.3, 0.4) is 0 Å². The monoisotopic (exact) mass is 336 g/mol. The van der Waals surface area contributed by atoms with Gasteiger partial charge in [0.15, 0.2) is 17.5 Å². The lowest BCUT2D eigenvalue weighted by molar-refractivity contribution is 0.0694. The molecule has 0 heterocycles. The fraction of sp³-hybridized carbons (Fsp3) is 0.600. The van der Waals surface area contributed by atoms with Crippen molar-refractivity contribution in [1.82, 2.24) is 0 Å². The summed E-state index contributed by atoms with van der Waals surface area (Å²) >= 11 is 0. The Balaban J connectivity index is 2.53. The quantitative estimate of drug-likeness (QED) is 0.386. The maximum absolute atomic E-state index is 13.1. The maximum Gasteiger partial charge on any atom is 0.500 e. The zero-order chi connectivity index (χ0) is 16.8. The van der Waals surface area contributed by atoms with Crippen LogP contribution in [-0.2, 0) is 19.7 Å². The number of hydrogen-bond donors (Lipinski definition) is 0. The third-order valence-electron chi connectivity index (χ3n) is 3.28. The molecule has 1 aromatic rings. The fourth-order valence-corrected chi connectivity index (χ4v) is 4.51. The summed E-state index contributed by atoms with van der Waals surface area (Å²) in [6, 6.07) is 2.67. The van der Waals surface area contributed by atoms with Crippen LogP contribution in [0.25, 0.3) is 0 Å². The SMILES string of the molecule is CO[Si](CCCCc1cc(F)c(F)c(F)c1)(OC)OC(C)C. The molecule has 0 aliphatic rings. The van der Waals surface area contributed by atoms with Crippen molar-refractivity contribution in [2.45, 2.75) is 45.3 Å². The van der Waals surface area contributed by atoms with Gasteiger partial charge in [0.2, 0.25) is 0 Å². The molecule has 0 radical (unpaired) electrons. The highest BCUT2D eigenvalue weighted by Gasteiger charge is 2.39. The van der Waals surface area contributed by atoms with E-state index in [1.165, 1.54) is 0 Å². The predicted octanol–water partition coefficient (Wildman–Crippen LogP) is 4.08. The summed E-state index contributed by atoms with van der Waals surface area (Å²) in [5.74, 6) is -3.74. The molecule has 0 saturated carbocycles. The molecule has 0 bridgehead atoms. The van der Waals surface area contributed by atoms with Crippen LogP contribution in [0.15, 0.2) is 12.1 Å². The zero-order valence-electron chi connectivity index (χ0n) is 13.4. The Morgan fingerprint density at radius 2 is 1.55 bits per heavy atom. The molecule has 0 aliphatic carbocycles. The topological polar surface area (TPSA) is 27.7 Å². The van der Waals surface area contributed by atoms with E-state index in [4.69, 9.17) is 13.3 Å². The smallest absolute Gasteiger partial charge is 0.377 e. The molecule has 7 heteroatoms. The first-order chi connectivity index (χ1) is 10.3. The number of benzene rings is 1. The highest BCUT2D eigenvalue weighted by atomic mass is 28.4. The highest BCUT2D eigenvalue weighted by Crippen LogP contribution is 2.21. The van der Waals surface area contributed by atoms with Gasteiger partial charge in [0.25, 0.3) is 0 Å². The number of hydrogen-bond acceptors (Lipinski definition) is 3. The molecule has 1 aromatic carbocycles. The van der Waals surface area contributed by atoms with Gasteiger partial charge in [-0.05, 0) is 50.8 Å². The number of halogens is 3. The first kappa shape index (κ1) is 19.2. The van der Waals surface area contributed by atoms with E-state index in [2.05, 4.69) is 0 Å². The Morgan fingerprint density at radius 3 is 2.00 bits per heavy atom. The molecule has 1 rings (SSSR count). The van der Waals surface area contributed by atoms with Gasteiger partial charge >= 0.3 is 8.80 Å². The van der Waals surface area contributed by atoms with Crippen LogP contribution in [0.1, 0.15) is 32.3 Å². The van der Waals surface area contributed by atoms with Crippen LogP contribution in [0.4, 0.5) is 13.2 Å². The molecule has 22 heavy (non-hydrogen) atoms. The zero-order valence-corrected chi connectivity index (χ0v) is 14.4. The van der Waals surface area contributed by atoms with Gasteiger partial charge in [-0.25, -0.2) is 13.2 Å². The Labute approximate surface area is 130 Å². The summed E-state index contributed by atoms with van der Waals surface area (Å²) in [5.41, 5.74) is 0.434. The molecule has 0 N–H and O–H groups in total. The standard InChI is InChI=1S/C15H23F3O3Si/c1-11(2)21-22(19-3,20-4)8-6-5-7-12-9-13(16)15(18)14(17)10-12/h9-11H,5-8H2,1-4H3. The van der Waals surface area contributed by atoms with Crippen molar-refractivity contribution >= 4 is 8.80 Å². The Morgan fingerprint density at radius 1 is 1.00 bits per heavy atom. The highest BCUT2D eigenvalue weighted by molar-refractivity contribution is 6.60. The summed E-state index contributed by atoms with van der Waals surface area (Å²) in [5, 5.41) is 0. The molecular formula is C15H23F3O3Si. The minimum Gasteiger partial charge on any atom is -0.377 e. The Kier molecular flexibility index (Phi) is 7.54. The summed E-state index contributed by atoms with van der Waals surface area (Å²) < 4.78 is 55.7. The van der Waals surface area contributed by atoms with E-state index < -0.39 is 26.3 Å². The molecule has 0 atom stereocenters. The van der Waals surface area contributed by atoms with Crippen LogP contribution in [0, 0.1) is 17.5 Å². The van der Waals surface area contributed by atoms with E-state index in [0.29, 0.717) is 24.4 Å². The minimum atomic E-state index is -2.68. The van der Waals surface area contributed by atoms with Gasteiger partial charge in [0.05, 0.1) is 0 Å². The largest absolute Gasteiger partial charge is 0.500 e. The lowest BCUT2D eigenvalue weighted by Gasteiger charge is -2.28. The van der Waals surface area contributed by atoms with Crippen LogP contribution in [0.2, 0.25) is 6.04 Å². The van der Waals surface area contributed by atoms with E-state index in [-0.39, 0.29) is 6.10 Å². The van der Waals surface area contributed by atoms with Crippen LogP contribution in [-0.4, -0.2) is 29.1 Å². The average molecular weight is 336 g/mol. The molecule has 3 nitrogen and oxygen atoms in total. The lowest BCUT2D eigenvalue weighted by atomic mass is 10.1. The van der Waals surface area contributed by atoms with E-state index in [9.17, 15) is 13.2 Å². The summed E-state index contributed by atoms with van der Waals surface area (Å²) in [6.45, 7) is 3.81. The molecule has 0 fully saturated rings. The van der Waals surface area contributed by atoms with Crippen LogP contribution >= 0.6 is 0 Å². The second-order valence-electron chi connectivity index (χ2n) is 5.34. The van der Waals surface area contributed by atoms with E-state index in [1.54, 1.807) is 14.2 Å². The Hall–Kier alpha value is -0.893. The molecule has 126 valence electrons. The number of aryl methyl sites for hydroxylation is 1. The first-order valence-electron chi connectivity index (χ1n) is 7.25. The second kappa shape index (κ2) is 8.66. The maximum atomic E-state index is 13.1. The summed E-state index contributed by atoms with van der Waals surface area (Å²) in [7, 11) is 0.433. The molecular weight excluding hydrogens is 313 g/mol. The normalized spacial score (nSPS) is 12.2. The van der Waals surface area contributed by atoms with Gasteiger partial charge in [-0.2, -0.15) is 0 Å². The molecule has 0 aromatic heterocycles. The van der Waals surface area contributed by atoms with E-state index in [1.807, 2.05) is 13.8 Å². The second-order valence-corrected chi connectivity index (χ2v) is 8.26. The van der Waals surface area contributed by atoms with Gasteiger partial charge < -0.3 is 13.3 Å². The lowest BCUT2D eigenvalue weighted by Crippen LogP contribution is -2.45. The summed E-state index contributed by atoms with van der Waals surface area (Å²) in [6.07, 6.45) is 1.84. The van der Waals surface area contributed by atoms with Crippen molar-refractivity contribution in [3.8, 4) is 0 Å². The van der Waals surface area contributed by atoms with Crippen molar-refractivity contribution in [2.24, 2.45) is 0 Å². The predicted molar refractivity (Wildman–Crippen MR) is 80.1 cm³/mol. The third-order valence-corrected chi connectivity index (χ3v) is 6.32. The molecule has 0 aliphatic heterocycles. The van der Waals surface area contributed by atoms with Crippen LogP contribution in [0.5, 0.6) is 0 Å². The van der Waals surface area contributed by atoms with Gasteiger partial charge in [-0.15, -0.1) is 0 Å². The van der Waals surface area contributed by atoms with Crippen molar-refractivity contribution in [2.75, 3.05) is 14.2 Å². The number of unbranched alkanes of at least 4 members (excludes halogenated alkanes) is 1. The van der Waals surface area contributed by atoms with Crippen LogP contribution < -0.4 is 0 Å². The molecule has 0 amide bonds. The molecule has 0 spiro atoms. The van der Waals surface area contributed by atoms with Gasteiger partial charge in [-0.3, -0.25) is 0 Å². The van der Waals surface area contributed by atoms with Crippen molar-refractivity contribution in [3.63, 3.8) is 0 Å². The van der Waals surface area contributed by atoms with E-state index in [0.717, 1.165) is 18.6 Å². The molecule has 0 saturated heterocycles. The Bertz CT molecular complexity index is 456.